The largest absolute Gasteiger partial charge is 0.383 e. The van der Waals surface area contributed by atoms with Gasteiger partial charge in [0.15, 0.2) is 0 Å². The van der Waals surface area contributed by atoms with Gasteiger partial charge in [-0.05, 0) is 25.1 Å². The number of nitrogens with zero attached hydrogens (tertiary/aromatic N) is 1. The Morgan fingerprint density at radius 1 is 1.60 bits per heavy atom. The van der Waals surface area contributed by atoms with Crippen molar-refractivity contribution in [3.05, 3.63) is 29.0 Å². The number of methoxy groups -OCH3 is 1. The molecule has 0 amide bonds. The minimum atomic E-state index is 0.0728. The Hall–Kier alpha value is -0.640. The lowest BCUT2D eigenvalue weighted by Crippen LogP contribution is -2.27. The fraction of sp³-hybridized carbons (Fsp3) is 0.545. The molecule has 1 rings (SSSR count). The van der Waals surface area contributed by atoms with E-state index in [9.17, 15) is 0 Å². The molecule has 1 heterocycles. The molecule has 0 saturated carbocycles. The van der Waals surface area contributed by atoms with Crippen LogP contribution < -0.4 is 5.32 Å². The molecule has 0 radical (unpaired) electrons. The van der Waals surface area contributed by atoms with Crippen molar-refractivity contribution in [1.29, 1.82) is 0 Å². The van der Waals surface area contributed by atoms with Crippen LogP contribution in [0.2, 0.25) is 5.02 Å². The van der Waals surface area contributed by atoms with E-state index in [1.807, 2.05) is 12.1 Å². The van der Waals surface area contributed by atoms with Crippen molar-refractivity contribution in [3.8, 4) is 0 Å². The zero-order chi connectivity index (χ0) is 11.1. The summed E-state index contributed by atoms with van der Waals surface area (Å²) in [6, 6.07) is 3.75. The fourth-order valence-corrected chi connectivity index (χ4v) is 1.63. The van der Waals surface area contributed by atoms with Crippen LogP contribution in [0.5, 0.6) is 0 Å². The lowest BCUT2D eigenvalue weighted by molar-refractivity contribution is 0.165. The molecule has 1 atom stereocenters. The molecular formula is C11H17ClN2O. The first-order valence-electron chi connectivity index (χ1n) is 5.12. The Kier molecular flexibility index (Phi) is 5.61. The molecule has 1 unspecified atom stereocenters. The number of hydrogen-bond donors (Lipinski definition) is 1. The molecule has 84 valence electrons. The van der Waals surface area contributed by atoms with E-state index in [2.05, 4.69) is 17.2 Å². The van der Waals surface area contributed by atoms with E-state index in [-0.39, 0.29) is 6.04 Å². The first kappa shape index (κ1) is 12.4. The van der Waals surface area contributed by atoms with Crippen molar-refractivity contribution < 1.29 is 4.74 Å². The molecule has 1 aromatic rings. The lowest BCUT2D eigenvalue weighted by atomic mass is 10.2. The highest BCUT2D eigenvalue weighted by atomic mass is 35.5. The smallest absolute Gasteiger partial charge is 0.0782 e. The summed E-state index contributed by atoms with van der Waals surface area (Å²) in [5.41, 5.74) is 0.856. The summed E-state index contributed by atoms with van der Waals surface area (Å²) in [7, 11) is 1.68. The van der Waals surface area contributed by atoms with E-state index in [0.29, 0.717) is 11.6 Å². The zero-order valence-electron chi connectivity index (χ0n) is 9.16. The van der Waals surface area contributed by atoms with Gasteiger partial charge in [0.25, 0.3) is 0 Å². The summed E-state index contributed by atoms with van der Waals surface area (Å²) in [5.74, 6) is 0. The standard InChI is InChI=1S/C11H17ClN2O/c1-3-6-13-10(8-15-2)11-9(12)5-4-7-14-11/h4-5,7,10,13H,3,6,8H2,1-2H3. The summed E-state index contributed by atoms with van der Waals surface area (Å²) in [5, 5.41) is 4.04. The van der Waals surface area contributed by atoms with Gasteiger partial charge in [-0.3, -0.25) is 4.98 Å². The number of ether oxygens (including phenoxy) is 1. The number of pyridine rings is 1. The van der Waals surface area contributed by atoms with Crippen LogP contribution in [0.4, 0.5) is 0 Å². The van der Waals surface area contributed by atoms with Crippen LogP contribution in [0.25, 0.3) is 0 Å². The molecule has 0 aliphatic heterocycles. The average Bonchev–Trinajstić information content (AvgIpc) is 2.25. The molecule has 0 aliphatic carbocycles. The van der Waals surface area contributed by atoms with Crippen LogP contribution in [0.15, 0.2) is 18.3 Å². The minimum absolute atomic E-state index is 0.0728. The molecule has 1 N–H and O–H groups in total. The third kappa shape index (κ3) is 3.78. The van der Waals surface area contributed by atoms with Gasteiger partial charge < -0.3 is 10.1 Å². The van der Waals surface area contributed by atoms with Crippen LogP contribution in [-0.4, -0.2) is 25.2 Å². The van der Waals surface area contributed by atoms with E-state index >= 15 is 0 Å². The molecule has 3 nitrogen and oxygen atoms in total. The molecule has 15 heavy (non-hydrogen) atoms. The highest BCUT2D eigenvalue weighted by Gasteiger charge is 2.14. The molecule has 0 aliphatic rings. The summed E-state index contributed by atoms with van der Waals surface area (Å²) in [4.78, 5) is 4.28. The quantitative estimate of drug-likeness (QED) is 0.812. The number of hydrogen-bond acceptors (Lipinski definition) is 3. The molecule has 0 fully saturated rings. The molecule has 0 spiro atoms. The predicted molar refractivity (Wildman–Crippen MR) is 62.2 cm³/mol. The number of aromatic nitrogens is 1. The van der Waals surface area contributed by atoms with Crippen LogP contribution in [0, 0.1) is 0 Å². The number of halogens is 1. The first-order chi connectivity index (χ1) is 7.29. The predicted octanol–water partition coefficient (Wildman–Crippen LogP) is 2.42. The van der Waals surface area contributed by atoms with Crippen molar-refractivity contribution in [2.24, 2.45) is 0 Å². The third-order valence-corrected chi connectivity index (χ3v) is 2.41. The molecular weight excluding hydrogens is 212 g/mol. The monoisotopic (exact) mass is 228 g/mol. The fourth-order valence-electron chi connectivity index (χ4n) is 1.37. The van der Waals surface area contributed by atoms with Gasteiger partial charge in [0.2, 0.25) is 0 Å². The van der Waals surface area contributed by atoms with E-state index in [1.54, 1.807) is 13.3 Å². The summed E-state index contributed by atoms with van der Waals surface area (Å²) >= 11 is 6.08. The van der Waals surface area contributed by atoms with Gasteiger partial charge in [0.1, 0.15) is 0 Å². The molecule has 4 heteroatoms. The molecule has 1 aromatic heterocycles. The van der Waals surface area contributed by atoms with Crippen molar-refractivity contribution in [2.75, 3.05) is 20.3 Å². The van der Waals surface area contributed by atoms with Crippen LogP contribution in [0.3, 0.4) is 0 Å². The van der Waals surface area contributed by atoms with E-state index in [1.165, 1.54) is 0 Å². The maximum absolute atomic E-state index is 6.08. The maximum atomic E-state index is 6.08. The second-order valence-corrected chi connectivity index (χ2v) is 3.74. The Bertz CT molecular complexity index is 294. The summed E-state index contributed by atoms with van der Waals surface area (Å²) in [6.07, 6.45) is 2.82. The van der Waals surface area contributed by atoms with Crippen molar-refractivity contribution in [3.63, 3.8) is 0 Å². The number of rotatable bonds is 6. The Morgan fingerprint density at radius 2 is 2.40 bits per heavy atom. The van der Waals surface area contributed by atoms with Crippen molar-refractivity contribution in [2.45, 2.75) is 19.4 Å². The normalized spacial score (nSPS) is 12.7. The molecule has 0 aromatic carbocycles. The van der Waals surface area contributed by atoms with E-state index < -0.39 is 0 Å². The van der Waals surface area contributed by atoms with E-state index in [0.717, 1.165) is 18.7 Å². The zero-order valence-corrected chi connectivity index (χ0v) is 9.92. The number of nitrogens with one attached hydrogen (secondary N) is 1. The Balaban J connectivity index is 2.74. The van der Waals surface area contributed by atoms with Crippen molar-refractivity contribution >= 4 is 11.6 Å². The van der Waals surface area contributed by atoms with Gasteiger partial charge in [-0.1, -0.05) is 18.5 Å². The molecule has 0 saturated heterocycles. The second-order valence-electron chi connectivity index (χ2n) is 3.33. The second kappa shape index (κ2) is 6.77. The topological polar surface area (TPSA) is 34.1 Å². The lowest BCUT2D eigenvalue weighted by Gasteiger charge is -2.17. The van der Waals surface area contributed by atoms with Gasteiger partial charge in [0.05, 0.1) is 23.4 Å². The highest BCUT2D eigenvalue weighted by molar-refractivity contribution is 6.31. The van der Waals surface area contributed by atoms with Gasteiger partial charge in [-0.2, -0.15) is 0 Å². The van der Waals surface area contributed by atoms with Gasteiger partial charge in [0, 0.05) is 13.3 Å². The Labute approximate surface area is 95.8 Å². The summed E-state index contributed by atoms with van der Waals surface area (Å²) in [6.45, 7) is 3.63. The third-order valence-electron chi connectivity index (χ3n) is 2.09. The molecule has 0 bridgehead atoms. The highest BCUT2D eigenvalue weighted by Crippen LogP contribution is 2.20. The van der Waals surface area contributed by atoms with Gasteiger partial charge >= 0.3 is 0 Å². The SMILES string of the molecule is CCCNC(COC)c1ncccc1Cl. The maximum Gasteiger partial charge on any atom is 0.0782 e. The van der Waals surface area contributed by atoms with Crippen LogP contribution >= 0.6 is 11.6 Å². The van der Waals surface area contributed by atoms with Crippen molar-refractivity contribution in [1.82, 2.24) is 10.3 Å². The van der Waals surface area contributed by atoms with Gasteiger partial charge in [-0.25, -0.2) is 0 Å². The van der Waals surface area contributed by atoms with E-state index in [4.69, 9.17) is 16.3 Å². The minimum Gasteiger partial charge on any atom is -0.383 e. The van der Waals surface area contributed by atoms with Crippen LogP contribution in [-0.2, 0) is 4.74 Å². The first-order valence-corrected chi connectivity index (χ1v) is 5.50. The summed E-state index contributed by atoms with van der Waals surface area (Å²) < 4.78 is 5.15. The van der Waals surface area contributed by atoms with Crippen LogP contribution in [0.1, 0.15) is 25.1 Å². The Morgan fingerprint density at radius 3 is 3.00 bits per heavy atom. The average molecular weight is 229 g/mol. The van der Waals surface area contributed by atoms with Gasteiger partial charge in [-0.15, -0.1) is 0 Å².